The molecule has 1 rings (SSSR count). The van der Waals surface area contributed by atoms with E-state index in [1.807, 2.05) is 0 Å². The van der Waals surface area contributed by atoms with E-state index < -0.39 is 0 Å². The number of hydrogen-bond donors (Lipinski definition) is 1. The van der Waals surface area contributed by atoms with E-state index in [-0.39, 0.29) is 5.60 Å². The summed E-state index contributed by atoms with van der Waals surface area (Å²) in [5.41, 5.74) is 5.90. The molecule has 0 amide bonds. The molecule has 0 saturated carbocycles. The second kappa shape index (κ2) is 6.17. The van der Waals surface area contributed by atoms with Gasteiger partial charge >= 0.3 is 0 Å². The maximum Gasteiger partial charge on any atom is 0.0638 e. The third-order valence-electron chi connectivity index (χ3n) is 4.44. The Balaban J connectivity index is 2.66. The molecule has 1 saturated heterocycles. The quantitative estimate of drug-likeness (QED) is 0.803. The fourth-order valence-corrected chi connectivity index (χ4v) is 2.87. The van der Waals surface area contributed by atoms with Crippen molar-refractivity contribution in [3.05, 3.63) is 0 Å². The summed E-state index contributed by atoms with van der Waals surface area (Å²) in [4.78, 5) is 2.59. The molecule has 3 atom stereocenters. The van der Waals surface area contributed by atoms with Gasteiger partial charge in [-0.2, -0.15) is 0 Å². The Labute approximate surface area is 107 Å². The second-order valence-corrected chi connectivity index (χ2v) is 6.16. The Morgan fingerprint density at radius 2 is 2.06 bits per heavy atom. The SMILES string of the molecule is COC(C)(C)CC(CN)N1CCCC(C)C1C. The first kappa shape index (κ1) is 14.9. The first-order valence-electron chi connectivity index (χ1n) is 6.92. The smallest absolute Gasteiger partial charge is 0.0638 e. The van der Waals surface area contributed by atoms with E-state index >= 15 is 0 Å². The highest BCUT2D eigenvalue weighted by atomic mass is 16.5. The van der Waals surface area contributed by atoms with Gasteiger partial charge < -0.3 is 10.5 Å². The van der Waals surface area contributed by atoms with Crippen LogP contribution in [-0.4, -0.2) is 42.8 Å². The van der Waals surface area contributed by atoms with E-state index in [1.165, 1.54) is 19.4 Å². The molecular weight excluding hydrogens is 212 g/mol. The maximum absolute atomic E-state index is 5.98. The molecule has 0 radical (unpaired) electrons. The van der Waals surface area contributed by atoms with Crippen molar-refractivity contribution in [2.24, 2.45) is 11.7 Å². The number of nitrogens with two attached hydrogens (primary N) is 1. The zero-order chi connectivity index (χ0) is 13.1. The van der Waals surface area contributed by atoms with Gasteiger partial charge in [0.25, 0.3) is 0 Å². The predicted octanol–water partition coefficient (Wildman–Crippen LogP) is 2.25. The molecule has 1 fully saturated rings. The molecule has 3 nitrogen and oxygen atoms in total. The molecule has 102 valence electrons. The van der Waals surface area contributed by atoms with Crippen LogP contribution >= 0.6 is 0 Å². The van der Waals surface area contributed by atoms with Crippen molar-refractivity contribution in [2.75, 3.05) is 20.2 Å². The summed E-state index contributed by atoms with van der Waals surface area (Å²) in [5.74, 6) is 0.781. The predicted molar refractivity (Wildman–Crippen MR) is 73.1 cm³/mol. The van der Waals surface area contributed by atoms with Crippen LogP contribution < -0.4 is 5.73 Å². The van der Waals surface area contributed by atoms with E-state index in [0.717, 1.165) is 18.9 Å². The lowest BCUT2D eigenvalue weighted by molar-refractivity contribution is -0.0237. The van der Waals surface area contributed by atoms with Crippen LogP contribution in [0, 0.1) is 5.92 Å². The number of likely N-dealkylation sites (tertiary alicyclic amines) is 1. The van der Waals surface area contributed by atoms with E-state index in [0.29, 0.717) is 12.1 Å². The molecule has 1 heterocycles. The van der Waals surface area contributed by atoms with Crippen molar-refractivity contribution in [3.63, 3.8) is 0 Å². The van der Waals surface area contributed by atoms with Crippen molar-refractivity contribution in [2.45, 2.75) is 64.6 Å². The minimum atomic E-state index is -0.0789. The van der Waals surface area contributed by atoms with Crippen LogP contribution in [0.5, 0.6) is 0 Å². The fraction of sp³-hybridized carbons (Fsp3) is 1.00. The summed E-state index contributed by atoms with van der Waals surface area (Å²) >= 11 is 0. The largest absolute Gasteiger partial charge is 0.379 e. The van der Waals surface area contributed by atoms with Crippen LogP contribution in [0.1, 0.15) is 47.0 Å². The first-order valence-corrected chi connectivity index (χ1v) is 6.92. The zero-order valence-corrected chi connectivity index (χ0v) is 12.2. The van der Waals surface area contributed by atoms with Gasteiger partial charge in [-0.15, -0.1) is 0 Å². The average molecular weight is 242 g/mol. The monoisotopic (exact) mass is 242 g/mol. The van der Waals surface area contributed by atoms with Crippen molar-refractivity contribution >= 4 is 0 Å². The normalized spacial score (nSPS) is 29.3. The maximum atomic E-state index is 5.98. The van der Waals surface area contributed by atoms with Crippen molar-refractivity contribution in [3.8, 4) is 0 Å². The van der Waals surface area contributed by atoms with Crippen LogP contribution in [-0.2, 0) is 4.74 Å². The van der Waals surface area contributed by atoms with Gasteiger partial charge in [-0.1, -0.05) is 6.92 Å². The minimum Gasteiger partial charge on any atom is -0.379 e. The summed E-state index contributed by atoms with van der Waals surface area (Å²) in [6.07, 6.45) is 3.66. The van der Waals surface area contributed by atoms with Crippen LogP contribution in [0.2, 0.25) is 0 Å². The van der Waals surface area contributed by atoms with Crippen LogP contribution in [0.25, 0.3) is 0 Å². The molecule has 0 aromatic rings. The van der Waals surface area contributed by atoms with Gasteiger partial charge in [0.1, 0.15) is 0 Å². The van der Waals surface area contributed by atoms with E-state index in [9.17, 15) is 0 Å². The van der Waals surface area contributed by atoms with Crippen molar-refractivity contribution in [1.29, 1.82) is 0 Å². The van der Waals surface area contributed by atoms with Gasteiger partial charge in [0.05, 0.1) is 5.60 Å². The third kappa shape index (κ3) is 3.94. The standard InChI is InChI=1S/C14H30N2O/c1-11-7-6-8-16(12(11)2)13(10-15)9-14(3,4)17-5/h11-13H,6-10,15H2,1-5H3. The summed E-state index contributed by atoms with van der Waals surface area (Å²) in [5, 5.41) is 0. The lowest BCUT2D eigenvalue weighted by atomic mass is 9.88. The number of methoxy groups -OCH3 is 1. The molecule has 0 spiro atoms. The first-order chi connectivity index (χ1) is 7.91. The molecule has 2 N–H and O–H groups in total. The Hall–Kier alpha value is -0.120. The Bertz CT molecular complexity index is 230. The lowest BCUT2D eigenvalue weighted by Gasteiger charge is -2.44. The molecule has 17 heavy (non-hydrogen) atoms. The van der Waals surface area contributed by atoms with Gasteiger partial charge in [0.15, 0.2) is 0 Å². The molecule has 3 heteroatoms. The number of nitrogens with zero attached hydrogens (tertiary/aromatic N) is 1. The van der Waals surface area contributed by atoms with Crippen molar-refractivity contribution < 1.29 is 4.74 Å². The van der Waals surface area contributed by atoms with Gasteiger partial charge in [0, 0.05) is 25.7 Å². The second-order valence-electron chi connectivity index (χ2n) is 6.16. The molecule has 1 aliphatic rings. The van der Waals surface area contributed by atoms with Crippen LogP contribution in [0.4, 0.5) is 0 Å². The Morgan fingerprint density at radius 1 is 1.41 bits per heavy atom. The highest BCUT2D eigenvalue weighted by Crippen LogP contribution is 2.28. The summed E-state index contributed by atoms with van der Waals surface area (Å²) in [6, 6.07) is 1.09. The van der Waals surface area contributed by atoms with Gasteiger partial charge in [-0.3, -0.25) is 4.90 Å². The number of hydrogen-bond acceptors (Lipinski definition) is 3. The molecule has 0 aliphatic carbocycles. The number of rotatable bonds is 5. The molecule has 0 aromatic heterocycles. The van der Waals surface area contributed by atoms with E-state index in [1.54, 1.807) is 7.11 Å². The van der Waals surface area contributed by atoms with Crippen LogP contribution in [0.3, 0.4) is 0 Å². The Morgan fingerprint density at radius 3 is 2.59 bits per heavy atom. The Kier molecular flexibility index (Phi) is 5.42. The highest BCUT2D eigenvalue weighted by molar-refractivity contribution is 4.88. The zero-order valence-electron chi connectivity index (χ0n) is 12.2. The van der Waals surface area contributed by atoms with Gasteiger partial charge in [-0.05, 0) is 52.5 Å². The number of ether oxygens (including phenoxy) is 1. The summed E-state index contributed by atoms with van der Waals surface area (Å²) in [7, 11) is 1.79. The fourth-order valence-electron chi connectivity index (χ4n) is 2.87. The van der Waals surface area contributed by atoms with Crippen molar-refractivity contribution in [1.82, 2.24) is 4.90 Å². The topological polar surface area (TPSA) is 38.5 Å². The molecule has 0 bridgehead atoms. The molecule has 3 unspecified atom stereocenters. The number of piperidine rings is 1. The lowest BCUT2D eigenvalue weighted by Crippen LogP contribution is -2.53. The van der Waals surface area contributed by atoms with Gasteiger partial charge in [-0.25, -0.2) is 0 Å². The van der Waals surface area contributed by atoms with E-state index in [2.05, 4.69) is 32.6 Å². The highest BCUT2D eigenvalue weighted by Gasteiger charge is 2.32. The third-order valence-corrected chi connectivity index (χ3v) is 4.44. The minimum absolute atomic E-state index is 0.0789. The van der Waals surface area contributed by atoms with Crippen LogP contribution in [0.15, 0.2) is 0 Å². The summed E-state index contributed by atoms with van der Waals surface area (Å²) in [6.45, 7) is 10.9. The van der Waals surface area contributed by atoms with Gasteiger partial charge in [0.2, 0.25) is 0 Å². The molecular formula is C14H30N2O. The van der Waals surface area contributed by atoms with E-state index in [4.69, 9.17) is 10.5 Å². The average Bonchev–Trinajstić information content (AvgIpc) is 2.30. The summed E-state index contributed by atoms with van der Waals surface area (Å²) < 4.78 is 5.54. The molecule has 1 aliphatic heterocycles. The molecule has 0 aromatic carbocycles.